The summed E-state index contributed by atoms with van der Waals surface area (Å²) in [4.78, 5) is 23.4. The van der Waals surface area contributed by atoms with Gasteiger partial charge in [0.2, 0.25) is 0 Å². The lowest BCUT2D eigenvalue weighted by Crippen LogP contribution is -2.44. The van der Waals surface area contributed by atoms with Crippen LogP contribution in [0.4, 0.5) is 0 Å². The zero-order chi connectivity index (χ0) is 14.3. The fourth-order valence-corrected chi connectivity index (χ4v) is 1.55. The normalized spacial score (nSPS) is 14.4. The van der Waals surface area contributed by atoms with Gasteiger partial charge in [-0.1, -0.05) is 27.7 Å². The van der Waals surface area contributed by atoms with Gasteiger partial charge in [-0.15, -0.1) is 0 Å². The topological polar surface area (TPSA) is 78.6 Å². The predicted molar refractivity (Wildman–Crippen MR) is 68.7 cm³/mol. The largest absolute Gasteiger partial charge is 0.468 e. The molecular formula is C13H25NO4. The molecule has 0 saturated heterocycles. The van der Waals surface area contributed by atoms with Crippen molar-refractivity contribution in [1.29, 1.82) is 0 Å². The van der Waals surface area contributed by atoms with Crippen LogP contribution in [0.5, 0.6) is 0 Å². The van der Waals surface area contributed by atoms with Gasteiger partial charge in [0.25, 0.3) is 0 Å². The van der Waals surface area contributed by atoms with E-state index in [0.717, 1.165) is 0 Å². The summed E-state index contributed by atoms with van der Waals surface area (Å²) in [6, 6.07) is -0.961. The van der Waals surface area contributed by atoms with Gasteiger partial charge in [0, 0.05) is 0 Å². The van der Waals surface area contributed by atoms with Crippen molar-refractivity contribution in [2.45, 2.75) is 40.2 Å². The number of carbonyl (C=O) groups excluding carboxylic acids is 2. The van der Waals surface area contributed by atoms with E-state index in [-0.39, 0.29) is 11.8 Å². The van der Waals surface area contributed by atoms with E-state index in [1.165, 1.54) is 7.11 Å². The van der Waals surface area contributed by atoms with Crippen molar-refractivity contribution in [3.05, 3.63) is 0 Å². The minimum absolute atomic E-state index is 0.248. The Hall–Kier alpha value is -1.10. The molecule has 0 spiro atoms. The molecule has 0 rings (SSSR count). The van der Waals surface area contributed by atoms with E-state index < -0.39 is 23.9 Å². The average molecular weight is 259 g/mol. The van der Waals surface area contributed by atoms with E-state index in [4.69, 9.17) is 10.5 Å². The van der Waals surface area contributed by atoms with Gasteiger partial charge in [-0.2, -0.15) is 0 Å². The minimum atomic E-state index is -0.961. The van der Waals surface area contributed by atoms with E-state index in [1.54, 1.807) is 0 Å². The van der Waals surface area contributed by atoms with E-state index in [0.29, 0.717) is 13.0 Å². The van der Waals surface area contributed by atoms with Crippen LogP contribution in [0.2, 0.25) is 0 Å². The highest BCUT2D eigenvalue weighted by Gasteiger charge is 2.33. The Kier molecular flexibility index (Phi) is 7.59. The van der Waals surface area contributed by atoms with Crippen LogP contribution in [0.1, 0.15) is 34.1 Å². The van der Waals surface area contributed by atoms with Gasteiger partial charge < -0.3 is 15.2 Å². The van der Waals surface area contributed by atoms with Crippen molar-refractivity contribution in [2.75, 3.05) is 13.7 Å². The molecule has 0 bridgehead atoms. The predicted octanol–water partition coefficient (Wildman–Crippen LogP) is 1.35. The third kappa shape index (κ3) is 6.00. The Morgan fingerprint density at radius 2 is 1.61 bits per heavy atom. The number of hydrogen-bond donors (Lipinski definition) is 1. The smallest absolute Gasteiger partial charge is 0.323 e. The second-order valence-electron chi connectivity index (χ2n) is 5.31. The number of carbonyl (C=O) groups is 2. The minimum Gasteiger partial charge on any atom is -0.468 e. The molecule has 0 heterocycles. The van der Waals surface area contributed by atoms with Gasteiger partial charge in [0.15, 0.2) is 0 Å². The highest BCUT2D eigenvalue weighted by Crippen LogP contribution is 2.17. The van der Waals surface area contributed by atoms with Crippen LogP contribution in [0.3, 0.4) is 0 Å². The fraction of sp³-hybridized carbons (Fsp3) is 0.846. The van der Waals surface area contributed by atoms with Crippen molar-refractivity contribution in [2.24, 2.45) is 23.5 Å². The summed E-state index contributed by atoms with van der Waals surface area (Å²) in [7, 11) is 1.26. The zero-order valence-electron chi connectivity index (χ0n) is 11.9. The molecule has 0 radical (unpaired) electrons. The van der Waals surface area contributed by atoms with Gasteiger partial charge in [-0.05, 0) is 18.3 Å². The molecule has 0 aliphatic carbocycles. The van der Waals surface area contributed by atoms with E-state index >= 15 is 0 Å². The van der Waals surface area contributed by atoms with Crippen LogP contribution in [-0.4, -0.2) is 31.7 Å². The van der Waals surface area contributed by atoms with Gasteiger partial charge >= 0.3 is 11.9 Å². The summed E-state index contributed by atoms with van der Waals surface area (Å²) < 4.78 is 9.73. The second-order valence-corrected chi connectivity index (χ2v) is 5.31. The number of ether oxygens (including phenoxy) is 2. The molecule has 0 saturated carbocycles. The molecule has 5 nitrogen and oxygen atoms in total. The molecule has 0 aromatic heterocycles. The van der Waals surface area contributed by atoms with Crippen molar-refractivity contribution in [3.63, 3.8) is 0 Å². The molecule has 2 atom stereocenters. The molecule has 0 aromatic rings. The Bertz CT molecular complexity index is 276. The Morgan fingerprint density at radius 3 is 2.00 bits per heavy atom. The maximum atomic E-state index is 11.9. The standard InChI is InChI=1S/C13H25NO4/c1-8(2)6-10(11(14)13(16)17-5)12(15)18-7-9(3)4/h8-11H,6-7,14H2,1-5H3. The van der Waals surface area contributed by atoms with E-state index in [1.807, 2.05) is 27.7 Å². The molecule has 2 N–H and O–H groups in total. The Labute approximate surface area is 109 Å². The van der Waals surface area contributed by atoms with Crippen LogP contribution in [0.25, 0.3) is 0 Å². The molecule has 0 aliphatic heterocycles. The second kappa shape index (κ2) is 8.08. The molecule has 0 fully saturated rings. The quantitative estimate of drug-likeness (QED) is 0.698. The number of hydrogen-bond acceptors (Lipinski definition) is 5. The number of nitrogens with two attached hydrogens (primary N) is 1. The first kappa shape index (κ1) is 16.9. The van der Waals surface area contributed by atoms with E-state index in [9.17, 15) is 9.59 Å². The SMILES string of the molecule is COC(=O)C(N)C(CC(C)C)C(=O)OCC(C)C. The van der Waals surface area contributed by atoms with E-state index in [2.05, 4.69) is 4.74 Å². The first-order valence-corrected chi connectivity index (χ1v) is 6.29. The van der Waals surface area contributed by atoms with Gasteiger partial charge in [0.05, 0.1) is 19.6 Å². The summed E-state index contributed by atoms with van der Waals surface area (Å²) in [6.07, 6.45) is 0.507. The van der Waals surface area contributed by atoms with Crippen molar-refractivity contribution in [1.82, 2.24) is 0 Å². The van der Waals surface area contributed by atoms with Crippen LogP contribution in [0, 0.1) is 17.8 Å². The Balaban J connectivity index is 4.65. The lowest BCUT2D eigenvalue weighted by Gasteiger charge is -2.22. The summed E-state index contributed by atoms with van der Waals surface area (Å²) in [6.45, 7) is 8.16. The third-order valence-corrected chi connectivity index (χ3v) is 2.49. The number of methoxy groups -OCH3 is 1. The van der Waals surface area contributed by atoms with Crippen LogP contribution < -0.4 is 5.73 Å². The molecule has 0 amide bonds. The molecule has 18 heavy (non-hydrogen) atoms. The first-order valence-electron chi connectivity index (χ1n) is 6.29. The molecule has 5 heteroatoms. The molecule has 106 valence electrons. The Morgan fingerprint density at radius 1 is 1.06 bits per heavy atom. The number of esters is 2. The maximum absolute atomic E-state index is 11.9. The molecule has 0 aromatic carbocycles. The van der Waals surface area contributed by atoms with Gasteiger partial charge in [0.1, 0.15) is 6.04 Å². The summed E-state index contributed by atoms with van der Waals surface area (Å²) in [5.41, 5.74) is 5.75. The third-order valence-electron chi connectivity index (χ3n) is 2.49. The maximum Gasteiger partial charge on any atom is 0.323 e. The summed E-state index contributed by atoms with van der Waals surface area (Å²) >= 11 is 0. The van der Waals surface area contributed by atoms with Crippen molar-refractivity contribution < 1.29 is 19.1 Å². The summed E-state index contributed by atoms with van der Waals surface area (Å²) in [5, 5.41) is 0. The number of rotatable bonds is 7. The average Bonchev–Trinajstić information content (AvgIpc) is 2.30. The van der Waals surface area contributed by atoms with Crippen LogP contribution >= 0.6 is 0 Å². The first-order chi connectivity index (χ1) is 8.29. The highest BCUT2D eigenvalue weighted by molar-refractivity contribution is 5.84. The van der Waals surface area contributed by atoms with Crippen LogP contribution in [0.15, 0.2) is 0 Å². The highest BCUT2D eigenvalue weighted by atomic mass is 16.5. The molecule has 2 unspecified atom stereocenters. The molecule has 0 aliphatic rings. The van der Waals surface area contributed by atoms with Crippen LogP contribution in [-0.2, 0) is 19.1 Å². The van der Waals surface area contributed by atoms with Crippen molar-refractivity contribution in [3.8, 4) is 0 Å². The summed E-state index contributed by atoms with van der Waals surface area (Å²) in [5.74, 6) is -1.14. The monoisotopic (exact) mass is 259 g/mol. The molecular weight excluding hydrogens is 234 g/mol. The lowest BCUT2D eigenvalue weighted by atomic mass is 9.91. The van der Waals surface area contributed by atoms with Crippen molar-refractivity contribution >= 4 is 11.9 Å². The lowest BCUT2D eigenvalue weighted by molar-refractivity contribution is -0.157. The van der Waals surface area contributed by atoms with Gasteiger partial charge in [-0.25, -0.2) is 0 Å². The van der Waals surface area contributed by atoms with Gasteiger partial charge in [-0.3, -0.25) is 9.59 Å². The fourth-order valence-electron chi connectivity index (χ4n) is 1.55. The zero-order valence-corrected chi connectivity index (χ0v) is 11.9.